The second-order valence-electron chi connectivity index (χ2n) is 6.09. The van der Waals surface area contributed by atoms with Crippen LogP contribution >= 0.6 is 11.3 Å². The molecular weight excluding hydrogens is 336 g/mol. The van der Waals surface area contributed by atoms with Crippen LogP contribution in [-0.2, 0) is 4.74 Å². The first kappa shape index (κ1) is 19.1. The van der Waals surface area contributed by atoms with Crippen LogP contribution in [0.3, 0.4) is 0 Å². The maximum absolute atomic E-state index is 12.4. The van der Waals surface area contributed by atoms with E-state index in [4.69, 9.17) is 4.74 Å². The maximum Gasteiger partial charge on any atom is 0.256 e. The predicted molar refractivity (Wildman–Crippen MR) is 101 cm³/mol. The van der Waals surface area contributed by atoms with E-state index in [0.717, 1.165) is 13.0 Å². The summed E-state index contributed by atoms with van der Waals surface area (Å²) in [7, 11) is 0. The van der Waals surface area contributed by atoms with Gasteiger partial charge in [-0.1, -0.05) is 26.0 Å². The molecule has 0 unspecified atom stereocenters. The molecule has 0 fully saturated rings. The Morgan fingerprint density at radius 3 is 2.68 bits per heavy atom. The summed E-state index contributed by atoms with van der Waals surface area (Å²) in [5, 5.41) is 9.28. The summed E-state index contributed by atoms with van der Waals surface area (Å²) in [4.78, 5) is 24.6. The second-order valence-corrected chi connectivity index (χ2v) is 6.87. The Bertz CT molecular complexity index is 684. The molecule has 25 heavy (non-hydrogen) atoms. The van der Waals surface area contributed by atoms with Gasteiger partial charge < -0.3 is 15.4 Å². The molecule has 2 amide bonds. The summed E-state index contributed by atoms with van der Waals surface area (Å²) >= 11 is 1.46. The van der Waals surface area contributed by atoms with E-state index >= 15 is 0 Å². The zero-order chi connectivity index (χ0) is 18.1. The van der Waals surface area contributed by atoms with Gasteiger partial charge in [0.25, 0.3) is 11.8 Å². The summed E-state index contributed by atoms with van der Waals surface area (Å²) in [6.45, 7) is 6.08. The van der Waals surface area contributed by atoms with Gasteiger partial charge in [0.15, 0.2) is 0 Å². The minimum absolute atomic E-state index is 0.204. The van der Waals surface area contributed by atoms with Crippen molar-refractivity contribution in [3.8, 4) is 0 Å². The number of hydrogen-bond acceptors (Lipinski definition) is 4. The number of anilines is 1. The van der Waals surface area contributed by atoms with E-state index < -0.39 is 0 Å². The zero-order valence-corrected chi connectivity index (χ0v) is 15.4. The monoisotopic (exact) mass is 360 g/mol. The first-order valence-electron chi connectivity index (χ1n) is 8.36. The van der Waals surface area contributed by atoms with E-state index in [-0.39, 0.29) is 11.8 Å². The molecule has 1 heterocycles. The topological polar surface area (TPSA) is 67.4 Å². The Morgan fingerprint density at radius 2 is 1.96 bits per heavy atom. The van der Waals surface area contributed by atoms with Crippen molar-refractivity contribution in [2.24, 2.45) is 5.92 Å². The molecule has 0 spiro atoms. The SMILES string of the molecule is CC(C)COCCCNC(=O)c1ccccc1NC(=O)c1ccsc1. The van der Waals surface area contributed by atoms with E-state index in [9.17, 15) is 9.59 Å². The molecule has 0 bridgehead atoms. The number of para-hydroxylation sites is 1. The first-order valence-corrected chi connectivity index (χ1v) is 9.30. The fourth-order valence-corrected chi connectivity index (χ4v) is 2.80. The molecule has 0 aliphatic heterocycles. The fraction of sp³-hybridized carbons (Fsp3) is 0.368. The molecule has 0 saturated carbocycles. The average molecular weight is 360 g/mol. The minimum atomic E-state index is -0.219. The zero-order valence-electron chi connectivity index (χ0n) is 14.6. The molecule has 1 aromatic carbocycles. The Hall–Kier alpha value is -2.18. The number of carbonyl (C=O) groups excluding carboxylic acids is 2. The van der Waals surface area contributed by atoms with Gasteiger partial charge in [0, 0.05) is 25.1 Å². The lowest BCUT2D eigenvalue weighted by atomic mass is 10.1. The molecule has 0 radical (unpaired) electrons. The van der Waals surface area contributed by atoms with Crippen LogP contribution in [0.2, 0.25) is 0 Å². The van der Waals surface area contributed by atoms with E-state index in [1.165, 1.54) is 11.3 Å². The third-order valence-corrected chi connectivity index (χ3v) is 4.09. The van der Waals surface area contributed by atoms with E-state index in [1.807, 2.05) is 5.38 Å². The number of hydrogen-bond donors (Lipinski definition) is 2. The molecule has 0 aliphatic rings. The first-order chi connectivity index (χ1) is 12.1. The summed E-state index contributed by atoms with van der Waals surface area (Å²) in [6.07, 6.45) is 0.752. The Morgan fingerprint density at radius 1 is 1.16 bits per heavy atom. The highest BCUT2D eigenvalue weighted by molar-refractivity contribution is 7.08. The summed E-state index contributed by atoms with van der Waals surface area (Å²) in [5.41, 5.74) is 1.55. The van der Waals surface area contributed by atoms with Crippen LogP contribution in [0.1, 0.15) is 41.0 Å². The van der Waals surface area contributed by atoms with E-state index in [0.29, 0.717) is 35.9 Å². The number of amides is 2. The number of thiophene rings is 1. The van der Waals surface area contributed by atoms with Crippen molar-refractivity contribution in [3.05, 3.63) is 52.2 Å². The lowest BCUT2D eigenvalue weighted by Gasteiger charge is -2.11. The van der Waals surface area contributed by atoms with Crippen LogP contribution < -0.4 is 10.6 Å². The Balaban J connectivity index is 1.86. The summed E-state index contributed by atoms with van der Waals surface area (Å²) < 4.78 is 5.49. The summed E-state index contributed by atoms with van der Waals surface area (Å²) in [6, 6.07) is 8.75. The molecular formula is C19H24N2O3S. The van der Waals surface area contributed by atoms with Crippen LogP contribution in [0.4, 0.5) is 5.69 Å². The van der Waals surface area contributed by atoms with Crippen LogP contribution in [0.25, 0.3) is 0 Å². The average Bonchev–Trinajstić information content (AvgIpc) is 3.12. The third-order valence-electron chi connectivity index (χ3n) is 3.41. The highest BCUT2D eigenvalue weighted by atomic mass is 32.1. The van der Waals surface area contributed by atoms with Gasteiger partial charge in [-0.25, -0.2) is 0 Å². The summed E-state index contributed by atoms with van der Waals surface area (Å²) in [5.74, 6) is 0.0852. The van der Waals surface area contributed by atoms with E-state index in [2.05, 4.69) is 24.5 Å². The standard InChI is InChI=1S/C19H24N2O3S/c1-14(2)12-24-10-5-9-20-19(23)16-6-3-4-7-17(16)21-18(22)15-8-11-25-13-15/h3-4,6-8,11,13-14H,5,9-10,12H2,1-2H3,(H,20,23)(H,21,22). The molecule has 5 nitrogen and oxygen atoms in total. The molecule has 6 heteroatoms. The minimum Gasteiger partial charge on any atom is -0.381 e. The quantitative estimate of drug-likeness (QED) is 0.669. The van der Waals surface area contributed by atoms with Gasteiger partial charge in [-0.3, -0.25) is 9.59 Å². The van der Waals surface area contributed by atoms with Crippen LogP contribution in [0.15, 0.2) is 41.1 Å². The molecule has 0 saturated heterocycles. The van der Waals surface area contributed by atoms with Crippen molar-refractivity contribution in [2.75, 3.05) is 25.1 Å². The number of carbonyl (C=O) groups is 2. The van der Waals surface area contributed by atoms with Gasteiger partial charge in [-0.05, 0) is 35.9 Å². The van der Waals surface area contributed by atoms with Crippen molar-refractivity contribution in [3.63, 3.8) is 0 Å². The normalized spacial score (nSPS) is 10.7. The molecule has 2 aromatic rings. The molecule has 2 N–H and O–H groups in total. The second kappa shape index (κ2) is 9.96. The number of rotatable bonds is 9. The highest BCUT2D eigenvalue weighted by Crippen LogP contribution is 2.17. The van der Waals surface area contributed by atoms with Crippen molar-refractivity contribution < 1.29 is 14.3 Å². The molecule has 0 atom stereocenters. The smallest absolute Gasteiger partial charge is 0.256 e. The number of benzene rings is 1. The number of ether oxygens (including phenoxy) is 1. The Labute approximate surface area is 152 Å². The van der Waals surface area contributed by atoms with Crippen LogP contribution in [0, 0.1) is 5.92 Å². The van der Waals surface area contributed by atoms with Gasteiger partial charge >= 0.3 is 0 Å². The molecule has 2 rings (SSSR count). The lowest BCUT2D eigenvalue weighted by Crippen LogP contribution is -2.27. The van der Waals surface area contributed by atoms with Crippen LogP contribution in [0.5, 0.6) is 0 Å². The van der Waals surface area contributed by atoms with Gasteiger partial charge in [0.1, 0.15) is 0 Å². The fourth-order valence-electron chi connectivity index (χ4n) is 2.17. The molecule has 134 valence electrons. The van der Waals surface area contributed by atoms with E-state index in [1.54, 1.807) is 35.7 Å². The van der Waals surface area contributed by atoms with Gasteiger partial charge in [-0.15, -0.1) is 0 Å². The van der Waals surface area contributed by atoms with Gasteiger partial charge in [0.2, 0.25) is 0 Å². The highest BCUT2D eigenvalue weighted by Gasteiger charge is 2.13. The van der Waals surface area contributed by atoms with Crippen molar-refractivity contribution in [2.45, 2.75) is 20.3 Å². The predicted octanol–water partition coefficient (Wildman–Crippen LogP) is 3.79. The number of nitrogens with one attached hydrogen (secondary N) is 2. The molecule has 1 aromatic heterocycles. The van der Waals surface area contributed by atoms with Crippen molar-refractivity contribution in [1.82, 2.24) is 5.32 Å². The largest absolute Gasteiger partial charge is 0.381 e. The van der Waals surface area contributed by atoms with Gasteiger partial charge in [0.05, 0.1) is 16.8 Å². The van der Waals surface area contributed by atoms with Gasteiger partial charge in [-0.2, -0.15) is 11.3 Å². The Kier molecular flexibility index (Phi) is 7.63. The van der Waals surface area contributed by atoms with Crippen molar-refractivity contribution in [1.29, 1.82) is 0 Å². The van der Waals surface area contributed by atoms with Crippen LogP contribution in [-0.4, -0.2) is 31.6 Å². The maximum atomic E-state index is 12.4. The third kappa shape index (κ3) is 6.32. The molecule has 0 aliphatic carbocycles. The lowest BCUT2D eigenvalue weighted by molar-refractivity contribution is 0.0925. The van der Waals surface area contributed by atoms with Crippen molar-refractivity contribution >= 4 is 28.8 Å².